The first-order valence-electron chi connectivity index (χ1n) is 7.22. The number of methoxy groups -OCH3 is 1. The van der Waals surface area contributed by atoms with Crippen molar-refractivity contribution in [3.05, 3.63) is 0 Å². The molecule has 1 rings (SSSR count). The van der Waals surface area contributed by atoms with Gasteiger partial charge in [0.05, 0.1) is 13.0 Å². The number of carbonyl (C=O) groups is 3. The normalized spacial score (nSPS) is 23.2. The lowest BCUT2D eigenvalue weighted by molar-refractivity contribution is -0.144. The molecule has 0 aromatic rings. The van der Waals surface area contributed by atoms with Crippen molar-refractivity contribution in [2.24, 2.45) is 11.8 Å². The van der Waals surface area contributed by atoms with E-state index in [9.17, 15) is 14.4 Å². The number of hydrogen-bond acceptors (Lipinski definition) is 4. The zero-order chi connectivity index (χ0) is 16.0. The Bertz CT molecular complexity index is 397. The summed E-state index contributed by atoms with van der Waals surface area (Å²) in [6.07, 6.45) is 2.59. The summed E-state index contributed by atoms with van der Waals surface area (Å²) in [6.45, 7) is 3.62. The Morgan fingerprint density at radius 2 is 1.90 bits per heavy atom. The molecular weight excluding hydrogens is 276 g/mol. The fraction of sp³-hybridized carbons (Fsp3) is 0.786. The van der Waals surface area contributed by atoms with Crippen molar-refractivity contribution in [2.45, 2.75) is 51.6 Å². The molecule has 0 bridgehead atoms. The Morgan fingerprint density at radius 3 is 2.43 bits per heavy atom. The van der Waals surface area contributed by atoms with Crippen molar-refractivity contribution in [1.82, 2.24) is 10.6 Å². The maximum atomic E-state index is 11.9. The van der Waals surface area contributed by atoms with Gasteiger partial charge in [0.2, 0.25) is 0 Å². The van der Waals surface area contributed by atoms with Gasteiger partial charge in [-0.05, 0) is 25.2 Å². The van der Waals surface area contributed by atoms with E-state index in [1.54, 1.807) is 0 Å². The third kappa shape index (κ3) is 5.24. The minimum atomic E-state index is -0.823. The highest BCUT2D eigenvalue weighted by Gasteiger charge is 2.29. The minimum absolute atomic E-state index is 0.0960. The molecule has 0 radical (unpaired) electrons. The highest BCUT2D eigenvalue weighted by molar-refractivity contribution is 5.83. The molecule has 2 amide bonds. The van der Waals surface area contributed by atoms with Crippen molar-refractivity contribution in [2.75, 3.05) is 7.11 Å². The summed E-state index contributed by atoms with van der Waals surface area (Å²) in [7, 11) is 1.27. The highest BCUT2D eigenvalue weighted by atomic mass is 16.5. The smallest absolute Gasteiger partial charge is 0.328 e. The second kappa shape index (κ2) is 7.85. The Balaban J connectivity index is 2.52. The zero-order valence-corrected chi connectivity index (χ0v) is 12.7. The molecule has 3 unspecified atom stereocenters. The summed E-state index contributed by atoms with van der Waals surface area (Å²) in [5, 5.41) is 14.4. The van der Waals surface area contributed by atoms with Crippen LogP contribution in [0.1, 0.15) is 39.5 Å². The van der Waals surface area contributed by atoms with Crippen molar-refractivity contribution < 1.29 is 24.2 Å². The lowest BCUT2D eigenvalue weighted by atomic mass is 9.86. The molecule has 0 aromatic carbocycles. The summed E-state index contributed by atoms with van der Waals surface area (Å²) in [5.41, 5.74) is 0. The van der Waals surface area contributed by atoms with Gasteiger partial charge in [-0.1, -0.05) is 20.3 Å². The summed E-state index contributed by atoms with van der Waals surface area (Å²) in [4.78, 5) is 34.5. The molecule has 1 aliphatic rings. The van der Waals surface area contributed by atoms with Gasteiger partial charge in [-0.2, -0.15) is 0 Å². The molecular formula is C14H24N2O5. The van der Waals surface area contributed by atoms with Crippen molar-refractivity contribution in [1.29, 1.82) is 0 Å². The van der Waals surface area contributed by atoms with E-state index < -0.39 is 29.9 Å². The molecule has 0 aliphatic heterocycles. The average Bonchev–Trinajstić information content (AvgIpc) is 2.43. The molecule has 21 heavy (non-hydrogen) atoms. The molecule has 0 saturated heterocycles. The number of ether oxygens (including phenoxy) is 1. The van der Waals surface area contributed by atoms with Gasteiger partial charge in [0.15, 0.2) is 0 Å². The first-order chi connectivity index (χ1) is 9.85. The predicted octanol–water partition coefficient (Wildman–Crippen LogP) is 1.13. The number of urea groups is 1. The summed E-state index contributed by atoms with van der Waals surface area (Å²) >= 11 is 0. The van der Waals surface area contributed by atoms with Crippen LogP contribution in [0.25, 0.3) is 0 Å². The van der Waals surface area contributed by atoms with E-state index in [2.05, 4.69) is 15.4 Å². The first kappa shape index (κ1) is 17.3. The highest BCUT2D eigenvalue weighted by Crippen LogP contribution is 2.24. The maximum absolute atomic E-state index is 11.9. The van der Waals surface area contributed by atoms with Crippen LogP contribution in [0, 0.1) is 11.8 Å². The largest absolute Gasteiger partial charge is 0.481 e. The zero-order valence-electron chi connectivity index (χ0n) is 12.7. The number of carbonyl (C=O) groups excluding carboxylic acids is 2. The number of aliphatic carboxylic acids is 1. The van der Waals surface area contributed by atoms with Crippen molar-refractivity contribution in [3.63, 3.8) is 0 Å². The topological polar surface area (TPSA) is 105 Å². The van der Waals surface area contributed by atoms with Crippen LogP contribution in [0.3, 0.4) is 0 Å². The fourth-order valence-corrected chi connectivity index (χ4v) is 2.54. The summed E-state index contributed by atoms with van der Waals surface area (Å²) < 4.78 is 4.65. The van der Waals surface area contributed by atoms with Crippen LogP contribution in [-0.2, 0) is 14.3 Å². The molecule has 0 spiro atoms. The van der Waals surface area contributed by atoms with Gasteiger partial charge in [-0.15, -0.1) is 0 Å². The monoisotopic (exact) mass is 300 g/mol. The molecule has 7 heteroatoms. The number of carboxylic acids is 1. The molecule has 1 aliphatic carbocycles. The van der Waals surface area contributed by atoms with E-state index in [-0.39, 0.29) is 12.0 Å². The van der Waals surface area contributed by atoms with Gasteiger partial charge in [0.25, 0.3) is 0 Å². The van der Waals surface area contributed by atoms with E-state index in [1.807, 2.05) is 13.8 Å². The van der Waals surface area contributed by atoms with E-state index in [1.165, 1.54) is 7.11 Å². The standard InChI is InChI=1S/C14H24N2O5/c1-8(2)11(13(19)21-3)16-14(20)15-10-6-4-5-9(7-10)12(17)18/h8-11H,4-7H2,1-3H3,(H,17,18)(H2,15,16,20). The van der Waals surface area contributed by atoms with Gasteiger partial charge in [-0.25, -0.2) is 9.59 Å². The predicted molar refractivity (Wildman–Crippen MR) is 75.7 cm³/mol. The quantitative estimate of drug-likeness (QED) is 0.660. The molecule has 1 fully saturated rings. The van der Waals surface area contributed by atoms with Crippen LogP contribution in [0.15, 0.2) is 0 Å². The number of carboxylic acid groups (broad SMARTS) is 1. The third-order valence-electron chi connectivity index (χ3n) is 3.77. The Hall–Kier alpha value is -1.79. The number of esters is 1. The molecule has 0 aromatic heterocycles. The maximum Gasteiger partial charge on any atom is 0.328 e. The van der Waals surface area contributed by atoms with Crippen LogP contribution in [-0.4, -0.2) is 42.3 Å². The van der Waals surface area contributed by atoms with E-state index >= 15 is 0 Å². The summed E-state index contributed by atoms with van der Waals surface area (Å²) in [6, 6.07) is -1.35. The fourth-order valence-electron chi connectivity index (χ4n) is 2.54. The van der Waals surface area contributed by atoms with Crippen molar-refractivity contribution >= 4 is 18.0 Å². The van der Waals surface area contributed by atoms with Crippen LogP contribution in [0.5, 0.6) is 0 Å². The summed E-state index contributed by atoms with van der Waals surface area (Å²) in [5.74, 6) is -1.82. The van der Waals surface area contributed by atoms with Crippen LogP contribution in [0.2, 0.25) is 0 Å². The molecule has 7 nitrogen and oxygen atoms in total. The minimum Gasteiger partial charge on any atom is -0.481 e. The number of rotatable bonds is 5. The number of hydrogen-bond donors (Lipinski definition) is 3. The Labute approximate surface area is 124 Å². The molecule has 120 valence electrons. The molecule has 1 saturated carbocycles. The average molecular weight is 300 g/mol. The van der Waals surface area contributed by atoms with E-state index in [0.29, 0.717) is 12.8 Å². The van der Waals surface area contributed by atoms with Crippen LogP contribution >= 0.6 is 0 Å². The second-order valence-corrected chi connectivity index (χ2v) is 5.76. The lowest BCUT2D eigenvalue weighted by Crippen LogP contribution is -2.52. The SMILES string of the molecule is COC(=O)C(NC(=O)NC1CCCC(C(=O)O)C1)C(C)C. The molecule has 0 heterocycles. The van der Waals surface area contributed by atoms with Gasteiger partial charge < -0.3 is 20.5 Å². The lowest BCUT2D eigenvalue weighted by Gasteiger charge is -2.28. The van der Waals surface area contributed by atoms with Gasteiger partial charge in [0, 0.05) is 6.04 Å². The van der Waals surface area contributed by atoms with E-state index in [4.69, 9.17) is 5.11 Å². The Morgan fingerprint density at radius 1 is 1.24 bits per heavy atom. The first-order valence-corrected chi connectivity index (χ1v) is 7.22. The third-order valence-corrected chi connectivity index (χ3v) is 3.77. The molecule has 3 atom stereocenters. The van der Waals surface area contributed by atoms with Gasteiger partial charge >= 0.3 is 18.0 Å². The van der Waals surface area contributed by atoms with Crippen molar-refractivity contribution in [3.8, 4) is 0 Å². The van der Waals surface area contributed by atoms with Crippen LogP contribution < -0.4 is 10.6 Å². The number of nitrogens with one attached hydrogen (secondary N) is 2. The second-order valence-electron chi connectivity index (χ2n) is 5.76. The Kier molecular flexibility index (Phi) is 6.45. The van der Waals surface area contributed by atoms with E-state index in [0.717, 1.165) is 12.8 Å². The molecule has 3 N–H and O–H groups in total. The van der Waals surface area contributed by atoms with Gasteiger partial charge in [-0.3, -0.25) is 4.79 Å². The van der Waals surface area contributed by atoms with Crippen LogP contribution in [0.4, 0.5) is 4.79 Å². The van der Waals surface area contributed by atoms with Gasteiger partial charge in [0.1, 0.15) is 6.04 Å². The number of amides is 2.